The van der Waals surface area contributed by atoms with Gasteiger partial charge in [-0.05, 0) is 75.8 Å². The van der Waals surface area contributed by atoms with Gasteiger partial charge in [-0.25, -0.2) is 4.98 Å². The predicted molar refractivity (Wildman–Crippen MR) is 131 cm³/mol. The number of aromatic nitrogens is 1. The lowest BCUT2D eigenvalue weighted by molar-refractivity contribution is -0.166. The Bertz CT molecular complexity index is 1110. The normalized spacial score (nSPS) is 32.3. The topological polar surface area (TPSA) is 105 Å². The molecule has 2 unspecified atom stereocenters. The zero-order valence-corrected chi connectivity index (χ0v) is 21.1. The van der Waals surface area contributed by atoms with E-state index in [9.17, 15) is 28.3 Å². The van der Waals surface area contributed by atoms with Crippen LogP contribution in [-0.4, -0.2) is 64.6 Å². The Balaban J connectivity index is 1.29. The average Bonchev–Trinajstić information content (AvgIpc) is 2.84. The largest absolute Gasteiger partial charge is 0.481 e. The Labute approximate surface area is 214 Å². The van der Waals surface area contributed by atoms with Crippen LogP contribution < -0.4 is 10.2 Å². The highest BCUT2D eigenvalue weighted by molar-refractivity contribution is 5.92. The van der Waals surface area contributed by atoms with E-state index in [1.165, 1.54) is 12.3 Å². The highest BCUT2D eigenvalue weighted by Gasteiger charge is 2.59. The van der Waals surface area contributed by atoms with Crippen molar-refractivity contribution in [1.29, 1.82) is 5.26 Å². The maximum absolute atomic E-state index is 13.5. The Morgan fingerprint density at radius 3 is 2.41 bits per heavy atom. The zero-order valence-electron chi connectivity index (χ0n) is 21.1. The standard InChI is InChI=1S/C26H33F3N6O2/c1-24(2,35-8-6-34(7-9-35)21-19(26(27,28)29)4-3-5-31-21)22(32-15-30)33-20-17-10-16-11-18(20)14-25(12-16,13-17)23(36)37/h3-5,16-18,20H,6-14H2,1-2H3,(H,32,33)(H,36,37). The monoisotopic (exact) mass is 518 g/mol. The fourth-order valence-corrected chi connectivity index (χ4v) is 7.57. The van der Waals surface area contributed by atoms with Crippen LogP contribution in [0.25, 0.3) is 0 Å². The van der Waals surface area contributed by atoms with Gasteiger partial charge < -0.3 is 15.3 Å². The second-order valence-electron chi connectivity index (χ2n) is 11.7. The summed E-state index contributed by atoms with van der Waals surface area (Å²) in [5.74, 6) is 0.692. The summed E-state index contributed by atoms with van der Waals surface area (Å²) in [5, 5.41) is 23.0. The second kappa shape index (κ2) is 9.15. The first-order valence-corrected chi connectivity index (χ1v) is 12.9. The van der Waals surface area contributed by atoms with Crippen LogP contribution in [0.4, 0.5) is 19.0 Å². The molecule has 8 nitrogen and oxygen atoms in total. The van der Waals surface area contributed by atoms with Crippen molar-refractivity contribution in [3.05, 3.63) is 23.9 Å². The number of hydrogen-bond donors (Lipinski definition) is 2. The van der Waals surface area contributed by atoms with Gasteiger partial charge in [0.1, 0.15) is 11.7 Å². The minimum atomic E-state index is -4.48. The number of anilines is 1. The highest BCUT2D eigenvalue weighted by Crippen LogP contribution is 2.60. The number of halogens is 3. The fourth-order valence-electron chi connectivity index (χ4n) is 7.57. The van der Waals surface area contributed by atoms with Gasteiger partial charge in [0.2, 0.25) is 6.19 Å². The van der Waals surface area contributed by atoms with Gasteiger partial charge in [0, 0.05) is 38.4 Å². The number of aliphatic carboxylic acids is 1. The molecule has 0 aromatic carbocycles. The third-order valence-corrected chi connectivity index (χ3v) is 9.23. The highest BCUT2D eigenvalue weighted by atomic mass is 19.4. The summed E-state index contributed by atoms with van der Waals surface area (Å²) in [6.07, 6.45) is 2.88. The molecule has 200 valence electrons. The van der Waals surface area contributed by atoms with Gasteiger partial charge in [-0.1, -0.05) is 0 Å². The van der Waals surface area contributed by atoms with E-state index in [4.69, 9.17) is 0 Å². The molecule has 5 aliphatic rings. The van der Waals surface area contributed by atoms with E-state index in [0.29, 0.717) is 50.8 Å². The number of carboxylic acids is 1. The Morgan fingerprint density at radius 1 is 1.19 bits per heavy atom. The molecular formula is C26H33F3N6O2. The molecule has 4 bridgehead atoms. The van der Waals surface area contributed by atoms with Gasteiger partial charge in [-0.3, -0.25) is 9.69 Å². The molecule has 4 saturated carbocycles. The van der Waals surface area contributed by atoms with Crippen LogP contribution in [0, 0.1) is 34.6 Å². The number of hydrogen-bond acceptors (Lipinski definition) is 6. The maximum atomic E-state index is 13.5. The zero-order chi connectivity index (χ0) is 26.6. The van der Waals surface area contributed by atoms with Crippen LogP contribution in [0.15, 0.2) is 23.3 Å². The number of alkyl halides is 3. The van der Waals surface area contributed by atoms with E-state index in [2.05, 4.69) is 20.2 Å². The first kappa shape index (κ1) is 25.8. The molecule has 11 heteroatoms. The van der Waals surface area contributed by atoms with Crippen molar-refractivity contribution in [3.63, 3.8) is 0 Å². The van der Waals surface area contributed by atoms with Crippen LogP contribution in [0.1, 0.15) is 51.5 Å². The average molecular weight is 519 g/mol. The molecule has 0 spiro atoms. The van der Waals surface area contributed by atoms with Crippen molar-refractivity contribution < 1.29 is 23.1 Å². The SMILES string of the molecule is CC(C)(/C(=N\C#N)NC1C2CC3CC1CC(C(=O)O)(C3)C2)N1CCN(c2ncccc2C(F)(F)F)CC1. The lowest BCUT2D eigenvalue weighted by Gasteiger charge is -2.59. The van der Waals surface area contributed by atoms with E-state index in [0.717, 1.165) is 25.3 Å². The van der Waals surface area contributed by atoms with Crippen LogP contribution in [-0.2, 0) is 11.0 Å². The number of carbonyl (C=O) groups is 1. The molecule has 1 saturated heterocycles. The molecule has 2 heterocycles. The third-order valence-electron chi connectivity index (χ3n) is 9.23. The molecule has 6 rings (SSSR count). The smallest absolute Gasteiger partial charge is 0.419 e. The summed E-state index contributed by atoms with van der Waals surface area (Å²) >= 11 is 0. The van der Waals surface area contributed by atoms with Crippen molar-refractivity contribution in [2.75, 3.05) is 31.1 Å². The molecule has 1 aromatic heterocycles. The summed E-state index contributed by atoms with van der Waals surface area (Å²) in [6, 6.07) is 2.42. The molecule has 2 atom stereocenters. The fraction of sp³-hybridized carbons (Fsp3) is 0.692. The summed E-state index contributed by atoms with van der Waals surface area (Å²) in [6.45, 7) is 5.64. The number of nitrogens with one attached hydrogen (secondary N) is 1. The van der Waals surface area contributed by atoms with Gasteiger partial charge >= 0.3 is 12.1 Å². The summed E-state index contributed by atoms with van der Waals surface area (Å²) in [7, 11) is 0. The molecule has 1 aliphatic heterocycles. The number of aliphatic imine (C=N–C) groups is 1. The Morgan fingerprint density at radius 2 is 1.84 bits per heavy atom. The number of piperazine rings is 1. The van der Waals surface area contributed by atoms with E-state index in [-0.39, 0.29) is 23.7 Å². The minimum Gasteiger partial charge on any atom is -0.481 e. The minimum absolute atomic E-state index is 0.0579. The lowest BCUT2D eigenvalue weighted by Crippen LogP contribution is -2.66. The van der Waals surface area contributed by atoms with Crippen molar-refractivity contribution in [2.24, 2.45) is 28.2 Å². The van der Waals surface area contributed by atoms with E-state index in [1.807, 2.05) is 20.0 Å². The quantitative estimate of drug-likeness (QED) is 0.348. The molecule has 0 amide bonds. The number of pyridine rings is 1. The molecule has 1 aromatic rings. The first-order chi connectivity index (χ1) is 17.4. The number of nitriles is 1. The van der Waals surface area contributed by atoms with Crippen LogP contribution in [0.2, 0.25) is 0 Å². The van der Waals surface area contributed by atoms with Gasteiger partial charge in [-0.2, -0.15) is 23.4 Å². The van der Waals surface area contributed by atoms with Gasteiger partial charge in [-0.15, -0.1) is 0 Å². The number of carboxylic acid groups (broad SMARTS) is 1. The molecule has 2 N–H and O–H groups in total. The van der Waals surface area contributed by atoms with E-state index < -0.39 is 28.7 Å². The molecule has 37 heavy (non-hydrogen) atoms. The number of nitrogens with zero attached hydrogens (tertiary/aromatic N) is 5. The van der Waals surface area contributed by atoms with E-state index >= 15 is 0 Å². The third kappa shape index (κ3) is 4.54. The Hall–Kier alpha value is -2.87. The van der Waals surface area contributed by atoms with Crippen molar-refractivity contribution >= 4 is 17.6 Å². The van der Waals surface area contributed by atoms with Crippen molar-refractivity contribution in [1.82, 2.24) is 15.2 Å². The van der Waals surface area contributed by atoms with Crippen molar-refractivity contribution in [2.45, 2.75) is 63.7 Å². The van der Waals surface area contributed by atoms with Crippen LogP contribution in [0.3, 0.4) is 0 Å². The predicted octanol–water partition coefficient (Wildman–Crippen LogP) is 3.75. The summed E-state index contributed by atoms with van der Waals surface area (Å²) in [5.41, 5.74) is -2.01. The van der Waals surface area contributed by atoms with Gasteiger partial charge in [0.25, 0.3) is 0 Å². The van der Waals surface area contributed by atoms with Gasteiger partial charge in [0.15, 0.2) is 0 Å². The van der Waals surface area contributed by atoms with Crippen molar-refractivity contribution in [3.8, 4) is 6.19 Å². The summed E-state index contributed by atoms with van der Waals surface area (Å²) < 4.78 is 40.5. The number of rotatable bonds is 5. The maximum Gasteiger partial charge on any atom is 0.419 e. The molecule has 0 radical (unpaired) electrons. The van der Waals surface area contributed by atoms with Crippen LogP contribution in [0.5, 0.6) is 0 Å². The lowest BCUT2D eigenvalue weighted by atomic mass is 9.48. The van der Waals surface area contributed by atoms with Crippen LogP contribution >= 0.6 is 0 Å². The number of amidine groups is 1. The second-order valence-corrected chi connectivity index (χ2v) is 11.7. The molecule has 4 aliphatic carbocycles. The molecule has 5 fully saturated rings. The van der Waals surface area contributed by atoms with Gasteiger partial charge in [0.05, 0.1) is 16.5 Å². The van der Waals surface area contributed by atoms with E-state index in [1.54, 1.807) is 4.90 Å². The first-order valence-electron chi connectivity index (χ1n) is 12.9. The molecular weight excluding hydrogens is 485 g/mol. The summed E-state index contributed by atoms with van der Waals surface area (Å²) in [4.78, 5) is 24.1. The Kier molecular flexibility index (Phi) is 6.37.